The van der Waals surface area contributed by atoms with E-state index >= 15 is 0 Å². The maximum atomic E-state index is 10.7. The van der Waals surface area contributed by atoms with Crippen molar-refractivity contribution in [1.82, 2.24) is 14.0 Å². The zero-order valence-electron chi connectivity index (χ0n) is 81.9. The summed E-state index contributed by atoms with van der Waals surface area (Å²) in [7, 11) is -24.0. The Morgan fingerprint density at radius 1 is 0.287 bits per heavy atom. The third-order valence-electron chi connectivity index (χ3n) is 28.9. The summed E-state index contributed by atoms with van der Waals surface area (Å²) in [5, 5.41) is 14.7. The molecule has 3 unspecified atom stereocenters. The Kier molecular flexibility index (Phi) is 38.1. The third-order valence-corrected chi connectivity index (χ3v) is 36.3. The van der Waals surface area contributed by atoms with Crippen molar-refractivity contribution in [3.8, 4) is 67.9 Å². The molecule has 5 aliphatic carbocycles. The predicted octanol–water partition coefficient (Wildman–Crippen LogP) is 31.9. The Bertz CT molecular complexity index is 7280. The van der Waals surface area contributed by atoms with Crippen LogP contribution in [0.3, 0.4) is 0 Å². The molecule has 3 aliphatic heterocycles. The van der Waals surface area contributed by atoms with Crippen molar-refractivity contribution in [2.24, 2.45) is 0 Å². The first-order valence-corrected chi connectivity index (χ1v) is 58.2. The summed E-state index contributed by atoms with van der Waals surface area (Å²) >= 11 is 0. The minimum atomic E-state index is -6.09. The topological polar surface area (TPSA) is 237 Å². The molecule has 8 aliphatic rings. The van der Waals surface area contributed by atoms with Crippen LogP contribution >= 0.6 is 25.6 Å². The van der Waals surface area contributed by atoms with Gasteiger partial charge in [0.2, 0.25) is 0 Å². The van der Waals surface area contributed by atoms with Crippen LogP contribution in [-0.4, -0.2) is 87.6 Å². The maximum absolute atomic E-state index is 10.7. The normalized spacial score (nSPS) is 17.3. The second-order valence-electron chi connectivity index (χ2n) is 38.1. The Hall–Kier alpha value is -9.51. The van der Waals surface area contributed by atoms with Crippen LogP contribution < -0.4 is 27.1 Å². The van der Waals surface area contributed by atoms with E-state index in [1.165, 1.54) is 231 Å². The number of fused-ring (bicyclic) bond motifs is 24. The number of unbranched alkanes of at least 4 members (excludes halogenated alkanes) is 2. The molecule has 3 heterocycles. The van der Waals surface area contributed by atoms with Gasteiger partial charge in [-0.25, -0.2) is 25.3 Å². The van der Waals surface area contributed by atoms with Crippen molar-refractivity contribution >= 4 is 121 Å². The van der Waals surface area contributed by atoms with Crippen molar-refractivity contribution in [3.63, 3.8) is 0 Å². The van der Waals surface area contributed by atoms with Crippen LogP contribution in [0.1, 0.15) is 207 Å². The molecule has 0 bridgehead atoms. The van der Waals surface area contributed by atoms with E-state index in [0.717, 1.165) is 95.3 Å². The fraction of sp³-hybridized carbons (Fsp3) is 0.316. The molecule has 3 atom stereocenters. The van der Waals surface area contributed by atoms with Gasteiger partial charge in [0.05, 0.1) is 36.3 Å². The van der Waals surface area contributed by atoms with Gasteiger partial charge in [-0.15, -0.1) is 14.0 Å². The molecule has 800 valence electrons. The van der Waals surface area contributed by atoms with Crippen LogP contribution in [0.5, 0.6) is 34.5 Å². The first kappa shape index (κ1) is 115. The monoisotopic (exact) mass is 2310 g/mol. The summed E-state index contributed by atoms with van der Waals surface area (Å²) in [4.78, 5) is 0. The summed E-state index contributed by atoms with van der Waals surface area (Å²) in [5.41, 5.74) is -1.10. The molecule has 0 aromatic heterocycles. The molecule has 2 saturated carbocycles. The summed E-state index contributed by atoms with van der Waals surface area (Å²) in [6.07, 6.45) is 30.6. The van der Waals surface area contributed by atoms with Crippen molar-refractivity contribution in [3.05, 3.63) is 325 Å². The molecule has 18 nitrogen and oxygen atoms in total. The molecule has 36 heteroatoms. The van der Waals surface area contributed by atoms with Crippen LogP contribution in [0.2, 0.25) is 0 Å². The smallest absolute Gasteiger partial charge is 0.741 e. The molecule has 2 fully saturated rings. The summed E-state index contributed by atoms with van der Waals surface area (Å²) < 4.78 is 228. The van der Waals surface area contributed by atoms with Crippen LogP contribution in [0.15, 0.2) is 291 Å². The van der Waals surface area contributed by atoms with Crippen molar-refractivity contribution in [1.29, 1.82) is 0 Å². The molecule has 15 aromatic rings. The summed E-state index contributed by atoms with van der Waals surface area (Å²) in [5.74, 6) is 5.70. The largest absolute Gasteiger partial charge is 1.00 e. The average molecular weight is 2320 g/mol. The predicted molar refractivity (Wildman–Crippen MR) is 565 cm³/mol. The fourth-order valence-electron chi connectivity index (χ4n) is 22.1. The Morgan fingerprint density at radius 2 is 0.493 bits per heavy atom. The molecular weight excluding hydrogens is 2200 g/mol. The van der Waals surface area contributed by atoms with Gasteiger partial charge in [0, 0.05) is 33.4 Å². The molecule has 0 saturated heterocycles. The molecule has 0 radical (unpaired) electrons. The van der Waals surface area contributed by atoms with E-state index in [9.17, 15) is 39.5 Å². The number of alkyl halides is 9. The van der Waals surface area contributed by atoms with Gasteiger partial charge in [-0.05, 0) is 211 Å². The van der Waals surface area contributed by atoms with E-state index in [4.69, 9.17) is 66.1 Å². The quantitative estimate of drug-likeness (QED) is 0.0231. The van der Waals surface area contributed by atoms with Gasteiger partial charge in [0.15, 0.2) is 64.9 Å². The summed E-state index contributed by atoms with van der Waals surface area (Å²) in [6.45, 7) is 4.61. The first-order chi connectivity index (χ1) is 70.7. The third kappa shape index (κ3) is 25.5. The number of rotatable bonds is 15. The van der Waals surface area contributed by atoms with E-state index in [1.807, 2.05) is 0 Å². The van der Waals surface area contributed by atoms with E-state index in [1.54, 1.807) is 0 Å². The van der Waals surface area contributed by atoms with E-state index in [2.05, 4.69) is 319 Å². The minimum absolute atomic E-state index is 0. The average Bonchev–Trinajstić information content (AvgIpc) is 1.18. The van der Waals surface area contributed by atoms with E-state index in [0.29, 0.717) is 36.3 Å². The number of hydrogen-bond donors (Lipinski definition) is 0. The molecule has 23 rings (SSSR count). The number of benzene rings is 15. The van der Waals surface area contributed by atoms with Crippen LogP contribution in [0, 0.1) is 0 Å². The molecule has 15 aromatic carbocycles. The number of halogens is 9. The van der Waals surface area contributed by atoms with Crippen LogP contribution in [-0.2, 0) is 101 Å². The molecule has 0 N–H and O–H groups in total. The molecule has 150 heavy (non-hydrogen) atoms. The van der Waals surface area contributed by atoms with Crippen LogP contribution in [0.25, 0.3) is 98.0 Å². The second kappa shape index (κ2) is 49.9. The number of hydrogen-bond acceptors (Lipinski definition) is 18. The Labute approximate surface area is 903 Å². The van der Waals surface area contributed by atoms with Crippen molar-refractivity contribution in [2.45, 2.75) is 227 Å². The summed E-state index contributed by atoms with van der Waals surface area (Å²) in [6, 6.07) is 108. The minimum Gasteiger partial charge on any atom is -0.741 e. The van der Waals surface area contributed by atoms with Crippen LogP contribution in [0.4, 0.5) is 39.5 Å². The zero-order chi connectivity index (χ0) is 103. The number of aryl methyl sites for hydroxylation is 3. The van der Waals surface area contributed by atoms with Gasteiger partial charge in [-0.3, -0.25) is 27.1 Å². The maximum Gasteiger partial charge on any atom is 1.00 e. The van der Waals surface area contributed by atoms with Gasteiger partial charge in [0.25, 0.3) is 0 Å². The SMILES string of the molecule is CCCCC(CCCC)N(C1CCc2ccccc21)[PH+]1Oc2ccc3ccccc3c2-c2c(ccc3ccccc23)O1.O=S(=O)([O-])C(F)(F)F.O=S(=O)([O-])C(F)(F)F.O=S(=O)([O-])C(F)(F)F.[Cu+].[Cu+].[Cu+].c1ccc2c(c1)CCC2N(C1CCCCCC1)[PH+]1Oc2ccc3ccccc3c2-c2c(ccc3ccccc23)O1.c1ccc2c(c1)CCC2N(C1CCCCCCC1)[PH+]1Oc2ccc3ccccc3c2-c2c(ccc3ccccc23)O1. The number of nitrogens with zero attached hydrogens (tertiary/aromatic N) is 3. The standard InChI is InChI=1S/C38H40NO2P.C37H36NO2P.C36H34NO2P.3CHF3O3S.3Cu/c1-3-5-16-30(17-6-4-2)39(34-24-21-27-13-7-10-18-31(27)34)42-40-35-25-22-28-14-8-11-19-32(28)37(35)38-33-20-12-9-15-29(33)23-26-36(38)41-42;1-2-4-15-29(16-5-3-1)38(33-23-20-26-12-6-9-17-30(26)33)41-39-34-24-21-27-13-7-10-18-31(27)36(34)37-32-19-11-8-14-28(32)22-25-35(37)40-41;1-2-4-15-28(14-3-1)37(32-22-19-25-11-5-8-16-29(25)32)40-38-33-23-20-26-12-6-9-17-30(26)35(33)36-31-18-10-7-13-27(31)21-24-34(36)39-40;3*2-1(3,4)8(5,6)7;;;/h7-15,18-20,22-23,25-26,30,34H,3-6,16-17,21,24H2,1-2H3;6-14,17-19,21-22,24-25,29,33H,1-5,15-16,20,23H2;5-13,16-18,20-21,23-24,28,32H,1-4,14-15,19,22H2;3*(H,5,6,7);;;/q;;;;;;3*+1. The van der Waals surface area contributed by atoms with Gasteiger partial charge >= 0.3 is 93.3 Å². The van der Waals surface area contributed by atoms with Gasteiger partial charge in [-0.1, -0.05) is 352 Å². The van der Waals surface area contributed by atoms with E-state index < -0.39 is 72.5 Å². The Balaban J connectivity index is 0.000000150. The van der Waals surface area contributed by atoms with Crippen molar-refractivity contribution < 1.29 is 157 Å². The van der Waals surface area contributed by atoms with Gasteiger partial charge in [-0.2, -0.15) is 39.5 Å². The zero-order valence-corrected chi connectivity index (χ0v) is 90.1. The fourth-order valence-corrected chi connectivity index (χ4v) is 28.3. The van der Waals surface area contributed by atoms with Crippen molar-refractivity contribution in [2.75, 3.05) is 0 Å². The van der Waals surface area contributed by atoms with Gasteiger partial charge in [0.1, 0.15) is 0 Å². The molecule has 0 amide bonds. The second-order valence-corrected chi connectivity index (χ2v) is 46.6. The molecule has 0 spiro atoms. The Morgan fingerprint density at radius 3 is 0.733 bits per heavy atom. The van der Waals surface area contributed by atoms with E-state index in [-0.39, 0.29) is 51.2 Å². The molecular formula is C114H113Cu3F9N3O15P3S3+3. The van der Waals surface area contributed by atoms with Gasteiger partial charge < -0.3 is 13.7 Å². The first-order valence-electron chi connectivity index (χ1n) is 50.2.